The van der Waals surface area contributed by atoms with Crippen molar-refractivity contribution in [3.63, 3.8) is 0 Å². The van der Waals surface area contributed by atoms with Crippen molar-refractivity contribution < 1.29 is 17.9 Å². The Morgan fingerprint density at radius 3 is 2.57 bits per heavy atom. The van der Waals surface area contributed by atoms with Crippen LogP contribution in [0.15, 0.2) is 41.7 Å². The molecule has 6 nitrogen and oxygen atoms in total. The Kier molecular flexibility index (Phi) is 8.16. The summed E-state index contributed by atoms with van der Waals surface area (Å²) in [6.45, 7) is 5.40. The first-order chi connectivity index (χ1) is 13.4. The second-order valence-corrected chi connectivity index (χ2v) is 6.30. The fraction of sp³-hybridized carbons (Fsp3) is 0.474. The number of hydrogen-bond donors (Lipinski definition) is 2. The van der Waals surface area contributed by atoms with Gasteiger partial charge in [-0.2, -0.15) is 18.3 Å². The standard InChI is InChI=1S/C19H26F3N5O/c1-3-23-18(24-9-4-10-27-13-15(2)11-26-27)25-12-16-5-7-17(8-6-16)28-14-19(20,21)22/h5-8,11,13H,3-4,9-10,12,14H2,1-2H3,(H2,23,24,25). The zero-order chi connectivity index (χ0) is 20.4. The summed E-state index contributed by atoms with van der Waals surface area (Å²) < 4.78 is 43.1. The van der Waals surface area contributed by atoms with E-state index in [1.807, 2.05) is 30.9 Å². The van der Waals surface area contributed by atoms with E-state index in [4.69, 9.17) is 4.74 Å². The molecular weight excluding hydrogens is 371 g/mol. The molecule has 2 aromatic rings. The number of rotatable bonds is 9. The SMILES string of the molecule is CCNC(=NCc1ccc(OCC(F)(F)F)cc1)NCCCn1cc(C)cn1. The number of alkyl halides is 3. The number of aryl methyl sites for hydroxylation is 2. The Bertz CT molecular complexity index is 741. The summed E-state index contributed by atoms with van der Waals surface area (Å²) in [5, 5.41) is 10.7. The van der Waals surface area contributed by atoms with Gasteiger partial charge in [-0.05, 0) is 43.5 Å². The number of ether oxygens (including phenoxy) is 1. The first kappa shape index (κ1) is 21.6. The molecular formula is C19H26F3N5O. The number of nitrogens with zero attached hydrogens (tertiary/aromatic N) is 3. The number of hydrogen-bond acceptors (Lipinski definition) is 3. The molecule has 0 atom stereocenters. The third-order valence-electron chi connectivity index (χ3n) is 3.71. The van der Waals surface area contributed by atoms with Gasteiger partial charge in [-0.1, -0.05) is 12.1 Å². The summed E-state index contributed by atoms with van der Waals surface area (Å²) >= 11 is 0. The van der Waals surface area contributed by atoms with Gasteiger partial charge >= 0.3 is 6.18 Å². The second-order valence-electron chi connectivity index (χ2n) is 6.30. The molecule has 1 aromatic carbocycles. The molecule has 0 fully saturated rings. The van der Waals surface area contributed by atoms with E-state index in [-0.39, 0.29) is 5.75 Å². The predicted octanol–water partition coefficient (Wildman–Crippen LogP) is 3.28. The molecule has 0 bridgehead atoms. The zero-order valence-corrected chi connectivity index (χ0v) is 16.1. The zero-order valence-electron chi connectivity index (χ0n) is 16.1. The van der Waals surface area contributed by atoms with Crippen LogP contribution in [0.1, 0.15) is 24.5 Å². The summed E-state index contributed by atoms with van der Waals surface area (Å²) in [5.41, 5.74) is 2.02. The Labute approximate surface area is 162 Å². The molecule has 0 spiro atoms. The molecule has 0 saturated heterocycles. The fourth-order valence-electron chi connectivity index (χ4n) is 2.41. The largest absolute Gasteiger partial charge is 0.484 e. The van der Waals surface area contributed by atoms with Gasteiger partial charge in [0.25, 0.3) is 0 Å². The van der Waals surface area contributed by atoms with Crippen LogP contribution < -0.4 is 15.4 Å². The lowest BCUT2D eigenvalue weighted by Crippen LogP contribution is -2.38. The van der Waals surface area contributed by atoms with E-state index in [2.05, 4.69) is 20.7 Å². The maximum Gasteiger partial charge on any atom is 0.422 e. The number of benzene rings is 1. The van der Waals surface area contributed by atoms with Crippen LogP contribution in [0.25, 0.3) is 0 Å². The molecule has 0 amide bonds. The van der Waals surface area contributed by atoms with Crippen LogP contribution >= 0.6 is 0 Å². The lowest BCUT2D eigenvalue weighted by Gasteiger charge is -2.12. The molecule has 2 rings (SSSR count). The highest BCUT2D eigenvalue weighted by Crippen LogP contribution is 2.19. The molecule has 0 aliphatic heterocycles. The topological polar surface area (TPSA) is 63.5 Å². The molecule has 0 aliphatic carbocycles. The Hall–Kier alpha value is -2.71. The van der Waals surface area contributed by atoms with Crippen LogP contribution in [0.2, 0.25) is 0 Å². The van der Waals surface area contributed by atoms with Crippen molar-refractivity contribution >= 4 is 5.96 Å². The van der Waals surface area contributed by atoms with Gasteiger partial charge < -0.3 is 15.4 Å². The van der Waals surface area contributed by atoms with Gasteiger partial charge in [-0.3, -0.25) is 4.68 Å². The van der Waals surface area contributed by atoms with Crippen molar-refractivity contribution in [2.45, 2.75) is 39.5 Å². The van der Waals surface area contributed by atoms with E-state index < -0.39 is 12.8 Å². The molecule has 2 N–H and O–H groups in total. The highest BCUT2D eigenvalue weighted by Gasteiger charge is 2.28. The van der Waals surface area contributed by atoms with Gasteiger partial charge in [0.05, 0.1) is 12.7 Å². The van der Waals surface area contributed by atoms with Crippen molar-refractivity contribution in [1.82, 2.24) is 20.4 Å². The first-order valence-electron chi connectivity index (χ1n) is 9.15. The van der Waals surface area contributed by atoms with Crippen LogP contribution in [-0.2, 0) is 13.1 Å². The van der Waals surface area contributed by atoms with Gasteiger partial charge in [0, 0.05) is 25.8 Å². The molecule has 9 heteroatoms. The highest BCUT2D eigenvalue weighted by molar-refractivity contribution is 5.79. The monoisotopic (exact) mass is 397 g/mol. The van der Waals surface area contributed by atoms with Gasteiger partial charge in [0.2, 0.25) is 0 Å². The second kappa shape index (κ2) is 10.6. The summed E-state index contributed by atoms with van der Waals surface area (Å²) in [7, 11) is 0. The number of aliphatic imine (C=N–C) groups is 1. The van der Waals surface area contributed by atoms with Crippen LogP contribution in [-0.4, -0.2) is 41.6 Å². The van der Waals surface area contributed by atoms with Crippen molar-refractivity contribution in [3.05, 3.63) is 47.8 Å². The van der Waals surface area contributed by atoms with E-state index in [0.29, 0.717) is 12.5 Å². The molecule has 0 unspecified atom stereocenters. The smallest absolute Gasteiger partial charge is 0.422 e. The van der Waals surface area contributed by atoms with Crippen molar-refractivity contribution in [2.24, 2.45) is 4.99 Å². The van der Waals surface area contributed by atoms with E-state index >= 15 is 0 Å². The number of halogens is 3. The van der Waals surface area contributed by atoms with Crippen LogP contribution in [0.3, 0.4) is 0 Å². The van der Waals surface area contributed by atoms with Crippen LogP contribution in [0.5, 0.6) is 5.75 Å². The predicted molar refractivity (Wildman–Crippen MR) is 102 cm³/mol. The summed E-state index contributed by atoms with van der Waals surface area (Å²) in [4.78, 5) is 4.50. The van der Waals surface area contributed by atoms with E-state index in [1.54, 1.807) is 12.1 Å². The minimum absolute atomic E-state index is 0.184. The van der Waals surface area contributed by atoms with Crippen molar-refractivity contribution in [2.75, 3.05) is 19.7 Å². The Morgan fingerprint density at radius 2 is 1.96 bits per heavy atom. The van der Waals surface area contributed by atoms with Gasteiger partial charge in [0.1, 0.15) is 5.75 Å². The average molecular weight is 397 g/mol. The van der Waals surface area contributed by atoms with Crippen LogP contribution in [0, 0.1) is 6.92 Å². The summed E-state index contributed by atoms with van der Waals surface area (Å²) in [5.74, 6) is 0.875. The summed E-state index contributed by atoms with van der Waals surface area (Å²) in [6, 6.07) is 6.45. The number of nitrogens with one attached hydrogen (secondary N) is 2. The maximum atomic E-state index is 12.2. The van der Waals surface area contributed by atoms with E-state index in [9.17, 15) is 13.2 Å². The Balaban J connectivity index is 1.79. The lowest BCUT2D eigenvalue weighted by molar-refractivity contribution is -0.153. The van der Waals surface area contributed by atoms with E-state index in [1.165, 1.54) is 12.1 Å². The quantitative estimate of drug-likeness (QED) is 0.387. The van der Waals surface area contributed by atoms with Gasteiger partial charge in [-0.15, -0.1) is 0 Å². The van der Waals surface area contributed by atoms with Gasteiger partial charge in [0.15, 0.2) is 12.6 Å². The molecule has 154 valence electrons. The first-order valence-corrected chi connectivity index (χ1v) is 9.15. The summed E-state index contributed by atoms with van der Waals surface area (Å²) in [6.07, 6.45) is 0.391. The minimum atomic E-state index is -4.34. The third kappa shape index (κ3) is 8.32. The normalized spacial score (nSPS) is 12.1. The molecule has 1 heterocycles. The molecule has 1 aromatic heterocycles. The molecule has 28 heavy (non-hydrogen) atoms. The number of aromatic nitrogens is 2. The van der Waals surface area contributed by atoms with Gasteiger partial charge in [-0.25, -0.2) is 4.99 Å². The average Bonchev–Trinajstić information content (AvgIpc) is 3.07. The van der Waals surface area contributed by atoms with Crippen molar-refractivity contribution in [1.29, 1.82) is 0 Å². The molecule has 0 saturated carbocycles. The lowest BCUT2D eigenvalue weighted by atomic mass is 10.2. The van der Waals surface area contributed by atoms with Crippen LogP contribution in [0.4, 0.5) is 13.2 Å². The minimum Gasteiger partial charge on any atom is -0.484 e. The fourth-order valence-corrected chi connectivity index (χ4v) is 2.41. The van der Waals surface area contributed by atoms with Crippen molar-refractivity contribution in [3.8, 4) is 5.75 Å². The molecule has 0 aliphatic rings. The van der Waals surface area contributed by atoms with E-state index in [0.717, 1.165) is 37.2 Å². The maximum absolute atomic E-state index is 12.2. The highest BCUT2D eigenvalue weighted by atomic mass is 19.4. The molecule has 0 radical (unpaired) electrons. The third-order valence-corrected chi connectivity index (χ3v) is 3.71. The Morgan fingerprint density at radius 1 is 1.21 bits per heavy atom. The number of guanidine groups is 1.